The number of Topliss-reactive ketones (excluding diaryl/α,β-unsaturated/α-hetero) is 2. The summed E-state index contributed by atoms with van der Waals surface area (Å²) in [5.74, 6) is -2.61. The Kier molecular flexibility index (Phi) is 5.51. The Morgan fingerprint density at radius 3 is 1.15 bits per heavy atom. The first-order chi connectivity index (χ1) is 12.4. The lowest BCUT2D eigenvalue weighted by molar-refractivity contribution is -0.118. The summed E-state index contributed by atoms with van der Waals surface area (Å²) in [5.41, 5.74) is 3.80. The number of aliphatic hydroxyl groups excluding tert-OH is 2. The molecule has 0 unspecified atom stereocenters. The van der Waals surface area contributed by atoms with E-state index in [1.165, 1.54) is 45.2 Å². The lowest BCUT2D eigenvalue weighted by Gasteiger charge is -2.09. The zero-order valence-electron chi connectivity index (χ0n) is 13.0. The van der Waals surface area contributed by atoms with Gasteiger partial charge in [0.2, 0.25) is 11.6 Å². The maximum atomic E-state index is 11.0. The van der Waals surface area contributed by atoms with Crippen LogP contribution in [0.5, 0.6) is 0 Å². The Labute approximate surface area is 174 Å². The number of halogens is 2. The molecule has 6 nitrogen and oxygen atoms in total. The maximum Gasteiger partial charge on any atom is 0.238 e. The quantitative estimate of drug-likeness (QED) is 0.237. The zero-order valence-corrected chi connectivity index (χ0v) is 17.3. The van der Waals surface area contributed by atoms with Gasteiger partial charge in [0.25, 0.3) is 0 Å². The number of aromatic nitrogens is 2. The molecule has 2 N–H and O–H groups in total. The van der Waals surface area contributed by atoms with Crippen LogP contribution in [-0.2, 0) is 9.59 Å². The van der Waals surface area contributed by atoms with Crippen molar-refractivity contribution >= 4 is 78.8 Å². The van der Waals surface area contributed by atoms with Gasteiger partial charge in [-0.2, -0.15) is 0 Å². The molecule has 1 aliphatic rings. The topological polar surface area (TPSA) is 100 Å². The Bertz CT molecular complexity index is 955. The molecule has 0 radical (unpaired) electrons. The second kappa shape index (κ2) is 7.66. The van der Waals surface area contributed by atoms with Crippen molar-refractivity contribution in [1.29, 1.82) is 0 Å². The number of aliphatic hydroxyl groups is 2. The van der Waals surface area contributed by atoms with Gasteiger partial charge in [-0.3, -0.25) is 9.59 Å². The first-order valence-corrected chi connectivity index (χ1v) is 9.44. The van der Waals surface area contributed by atoms with Crippen LogP contribution < -0.4 is 0 Å². The summed E-state index contributed by atoms with van der Waals surface area (Å²) in [6, 6.07) is 15.8. The van der Waals surface area contributed by atoms with Crippen molar-refractivity contribution in [3.8, 4) is 0 Å². The monoisotopic (exact) mass is 572 g/mol. The minimum absolute atomic E-state index is 0.143. The second-order valence-electron chi connectivity index (χ2n) is 5.18. The van der Waals surface area contributed by atoms with Crippen LogP contribution in [0.25, 0.3) is 22.1 Å². The number of ketones is 2. The Morgan fingerprint density at radius 1 is 0.615 bits per heavy atom. The largest absolute Gasteiger partial charge is 0.503 e. The van der Waals surface area contributed by atoms with E-state index in [1.54, 1.807) is 0 Å². The van der Waals surface area contributed by atoms with Crippen LogP contribution in [0.15, 0.2) is 67.2 Å². The molecule has 8 heteroatoms. The van der Waals surface area contributed by atoms with Crippen molar-refractivity contribution in [3.63, 3.8) is 0 Å². The smallest absolute Gasteiger partial charge is 0.238 e. The van der Waals surface area contributed by atoms with Crippen molar-refractivity contribution in [3.05, 3.63) is 67.2 Å². The number of para-hydroxylation sites is 4. The molecule has 0 aliphatic heterocycles. The van der Waals surface area contributed by atoms with Crippen molar-refractivity contribution < 1.29 is 19.8 Å². The van der Waals surface area contributed by atoms with Gasteiger partial charge < -0.3 is 10.2 Å². The summed E-state index contributed by atoms with van der Waals surface area (Å²) < 4.78 is -0.286. The summed E-state index contributed by atoms with van der Waals surface area (Å²) in [7, 11) is 0. The van der Waals surface area contributed by atoms with Crippen LogP contribution in [0.2, 0.25) is 0 Å². The third kappa shape index (κ3) is 3.56. The molecular weight excluding hydrogens is 562 g/mol. The normalized spacial score (nSPS) is 14.7. The van der Waals surface area contributed by atoms with E-state index >= 15 is 0 Å². The summed E-state index contributed by atoms with van der Waals surface area (Å²) in [6.45, 7) is 0. The summed E-state index contributed by atoms with van der Waals surface area (Å²) in [6.07, 6.45) is 0. The molecule has 4 rings (SSSR count). The number of allylic oxidation sites excluding steroid dienone is 2. The highest BCUT2D eigenvalue weighted by molar-refractivity contribution is 14.1. The minimum Gasteiger partial charge on any atom is -0.503 e. The van der Waals surface area contributed by atoms with Gasteiger partial charge in [0.15, 0.2) is 11.5 Å². The molecule has 0 bridgehead atoms. The van der Waals surface area contributed by atoms with Gasteiger partial charge >= 0.3 is 0 Å². The SMILES string of the molecule is O=C1C(O)=C(I)C(=O)C(O)=C1I.c1ccc2nc3ccccc3nc2c1. The van der Waals surface area contributed by atoms with Gasteiger partial charge in [-0.25, -0.2) is 9.97 Å². The van der Waals surface area contributed by atoms with Crippen molar-refractivity contribution in [2.75, 3.05) is 0 Å². The number of carbonyl (C=O) groups is 2. The average molecular weight is 572 g/mol. The molecule has 0 fully saturated rings. The van der Waals surface area contributed by atoms with Crippen molar-refractivity contribution in [2.24, 2.45) is 0 Å². The summed E-state index contributed by atoms with van der Waals surface area (Å²) in [5, 5.41) is 18.1. The van der Waals surface area contributed by atoms with Crippen LogP contribution in [0.4, 0.5) is 0 Å². The fraction of sp³-hybridized carbons (Fsp3) is 0. The van der Waals surface area contributed by atoms with Crippen LogP contribution in [0.3, 0.4) is 0 Å². The highest BCUT2D eigenvalue weighted by Crippen LogP contribution is 2.29. The number of carbonyl (C=O) groups excluding carboxylic acids is 2. The van der Waals surface area contributed by atoms with E-state index in [9.17, 15) is 9.59 Å². The number of benzene rings is 2. The number of hydrogen-bond acceptors (Lipinski definition) is 6. The van der Waals surface area contributed by atoms with Gasteiger partial charge in [-0.15, -0.1) is 0 Å². The van der Waals surface area contributed by atoms with E-state index in [0.29, 0.717) is 0 Å². The molecule has 130 valence electrons. The van der Waals surface area contributed by atoms with Crippen molar-refractivity contribution in [1.82, 2.24) is 9.97 Å². The van der Waals surface area contributed by atoms with Gasteiger partial charge in [0, 0.05) is 0 Å². The van der Waals surface area contributed by atoms with E-state index in [4.69, 9.17) is 10.2 Å². The first-order valence-electron chi connectivity index (χ1n) is 7.28. The summed E-state index contributed by atoms with van der Waals surface area (Å²) in [4.78, 5) is 31.0. The summed E-state index contributed by atoms with van der Waals surface area (Å²) >= 11 is 3.02. The third-order valence-corrected chi connectivity index (χ3v) is 5.49. The molecule has 26 heavy (non-hydrogen) atoms. The molecule has 1 aromatic heterocycles. The van der Waals surface area contributed by atoms with Crippen LogP contribution >= 0.6 is 45.2 Å². The molecular formula is C18H10I2N2O4. The molecule has 1 heterocycles. The molecule has 0 spiro atoms. The highest BCUT2D eigenvalue weighted by atomic mass is 127. The number of rotatable bonds is 0. The van der Waals surface area contributed by atoms with Crippen LogP contribution in [0, 0.1) is 0 Å². The molecule has 0 atom stereocenters. The van der Waals surface area contributed by atoms with E-state index < -0.39 is 23.1 Å². The average Bonchev–Trinajstić information content (AvgIpc) is 2.68. The lowest BCUT2D eigenvalue weighted by Crippen LogP contribution is -2.18. The molecule has 0 saturated carbocycles. The Balaban J connectivity index is 0.000000153. The predicted octanol–water partition coefficient (Wildman–Crippen LogP) is 4.33. The fourth-order valence-electron chi connectivity index (χ4n) is 2.19. The fourth-order valence-corrected chi connectivity index (χ4v) is 3.19. The molecule has 0 saturated heterocycles. The predicted molar refractivity (Wildman–Crippen MR) is 114 cm³/mol. The van der Waals surface area contributed by atoms with E-state index in [1.807, 2.05) is 48.5 Å². The molecule has 1 aliphatic carbocycles. The Morgan fingerprint density at radius 2 is 0.885 bits per heavy atom. The van der Waals surface area contributed by atoms with Gasteiger partial charge in [-0.1, -0.05) is 24.3 Å². The number of nitrogens with zero attached hydrogens (tertiary/aromatic N) is 2. The molecule has 0 amide bonds. The molecule has 2 aromatic carbocycles. The third-order valence-electron chi connectivity index (χ3n) is 3.49. The first kappa shape index (κ1) is 18.7. The Hall–Kier alpha value is -2.08. The maximum absolute atomic E-state index is 11.0. The van der Waals surface area contributed by atoms with Crippen LogP contribution in [-0.4, -0.2) is 31.7 Å². The standard InChI is InChI=1S/C12H8N2.C6H2I2O4/c1-2-6-10-9(5-1)13-11-7-3-4-8-12(11)14-10;7-1-3(9)5(11)2(8)6(12)4(1)10/h1-8H;9,12H. The lowest BCUT2D eigenvalue weighted by atomic mass is 10.1. The highest BCUT2D eigenvalue weighted by Gasteiger charge is 2.32. The van der Waals surface area contributed by atoms with Gasteiger partial charge in [-0.05, 0) is 69.4 Å². The van der Waals surface area contributed by atoms with E-state index in [2.05, 4.69) is 9.97 Å². The minimum atomic E-state index is -0.711. The van der Waals surface area contributed by atoms with Gasteiger partial charge in [0.05, 0.1) is 22.1 Å². The number of hydrogen-bond donors (Lipinski definition) is 2. The molecule has 3 aromatic rings. The van der Waals surface area contributed by atoms with E-state index in [0.717, 1.165) is 22.1 Å². The zero-order chi connectivity index (χ0) is 18.8. The second-order valence-corrected chi connectivity index (χ2v) is 7.34. The van der Waals surface area contributed by atoms with E-state index in [-0.39, 0.29) is 7.16 Å². The van der Waals surface area contributed by atoms with Gasteiger partial charge in [0.1, 0.15) is 7.16 Å². The number of fused-ring (bicyclic) bond motifs is 2. The van der Waals surface area contributed by atoms with Crippen molar-refractivity contribution in [2.45, 2.75) is 0 Å². The van der Waals surface area contributed by atoms with Crippen LogP contribution in [0.1, 0.15) is 0 Å².